The van der Waals surface area contributed by atoms with Crippen LogP contribution in [0.2, 0.25) is 0 Å². The van der Waals surface area contributed by atoms with Crippen molar-refractivity contribution >= 4 is 16.5 Å². The Morgan fingerprint density at radius 3 is 2.80 bits per heavy atom. The molecule has 2 aromatic rings. The number of hydrogen-bond acceptors (Lipinski definition) is 3. The van der Waals surface area contributed by atoms with Crippen molar-refractivity contribution < 1.29 is 4.39 Å². The molecule has 78 valence electrons. The molecule has 0 amide bonds. The van der Waals surface area contributed by atoms with E-state index in [1.54, 1.807) is 6.07 Å². The van der Waals surface area contributed by atoms with Crippen LogP contribution >= 0.6 is 11.3 Å². The topological polar surface area (TPSA) is 38.9 Å². The largest absolute Gasteiger partial charge is 0.375 e. The van der Waals surface area contributed by atoms with Crippen LogP contribution in [0, 0.1) is 5.82 Å². The number of aryl methyl sites for hydroxylation is 1. The molecule has 0 unspecified atom stereocenters. The number of rotatable bonds is 2. The van der Waals surface area contributed by atoms with Gasteiger partial charge < -0.3 is 5.73 Å². The second-order valence-corrected chi connectivity index (χ2v) is 4.12. The van der Waals surface area contributed by atoms with Gasteiger partial charge in [0.05, 0.1) is 5.69 Å². The van der Waals surface area contributed by atoms with E-state index in [0.717, 1.165) is 16.8 Å². The van der Waals surface area contributed by atoms with Crippen molar-refractivity contribution in [3.63, 3.8) is 0 Å². The first kappa shape index (κ1) is 10.1. The van der Waals surface area contributed by atoms with Gasteiger partial charge in [0.25, 0.3) is 0 Å². The number of benzene rings is 1. The Morgan fingerprint density at radius 1 is 1.47 bits per heavy atom. The predicted octanol–water partition coefficient (Wildman–Crippen LogP) is 3.09. The molecule has 1 heterocycles. The van der Waals surface area contributed by atoms with Crippen LogP contribution in [-0.2, 0) is 6.42 Å². The molecule has 0 bridgehead atoms. The zero-order valence-electron chi connectivity index (χ0n) is 8.33. The molecule has 0 atom stereocenters. The van der Waals surface area contributed by atoms with Crippen LogP contribution in [0.4, 0.5) is 9.52 Å². The molecule has 0 fully saturated rings. The van der Waals surface area contributed by atoms with E-state index in [4.69, 9.17) is 5.73 Å². The van der Waals surface area contributed by atoms with E-state index in [2.05, 4.69) is 4.98 Å². The van der Waals surface area contributed by atoms with Crippen LogP contribution < -0.4 is 5.73 Å². The molecule has 0 aliphatic rings. The average Bonchev–Trinajstić information content (AvgIpc) is 2.65. The molecular formula is C11H11FN2S. The molecule has 2 N–H and O–H groups in total. The monoisotopic (exact) mass is 222 g/mol. The highest BCUT2D eigenvalue weighted by atomic mass is 32.1. The normalized spacial score (nSPS) is 10.5. The number of nitrogens with zero attached hydrogens (tertiary/aromatic N) is 1. The molecule has 4 heteroatoms. The smallest absolute Gasteiger partial charge is 0.180 e. The third-order valence-electron chi connectivity index (χ3n) is 2.25. The summed E-state index contributed by atoms with van der Waals surface area (Å²) in [4.78, 5) is 4.11. The molecule has 1 aromatic heterocycles. The summed E-state index contributed by atoms with van der Waals surface area (Å²) >= 11 is 1.36. The minimum atomic E-state index is -0.179. The van der Waals surface area contributed by atoms with Gasteiger partial charge in [0.1, 0.15) is 5.82 Å². The highest BCUT2D eigenvalue weighted by molar-refractivity contribution is 7.13. The van der Waals surface area contributed by atoms with Crippen LogP contribution in [0.15, 0.2) is 23.6 Å². The minimum Gasteiger partial charge on any atom is -0.375 e. The molecule has 0 saturated carbocycles. The lowest BCUT2D eigenvalue weighted by Crippen LogP contribution is -1.89. The van der Waals surface area contributed by atoms with E-state index in [1.165, 1.54) is 17.4 Å². The Bertz CT molecular complexity index is 479. The van der Waals surface area contributed by atoms with Gasteiger partial charge in [0, 0.05) is 10.9 Å². The van der Waals surface area contributed by atoms with E-state index in [1.807, 2.05) is 18.4 Å². The summed E-state index contributed by atoms with van der Waals surface area (Å²) in [6.45, 7) is 1.93. The van der Waals surface area contributed by atoms with Crippen molar-refractivity contribution in [2.75, 3.05) is 5.73 Å². The van der Waals surface area contributed by atoms with Gasteiger partial charge in [-0.15, -0.1) is 11.3 Å². The first-order chi connectivity index (χ1) is 7.20. The standard InChI is InChI=1S/C11H11FN2S/c1-2-7-3-4-8(5-9(7)12)10-6-15-11(13)14-10/h3-6H,2H2,1H3,(H2,13,14). The first-order valence-electron chi connectivity index (χ1n) is 4.70. The molecule has 0 saturated heterocycles. The zero-order chi connectivity index (χ0) is 10.8. The van der Waals surface area contributed by atoms with Crippen LogP contribution in [-0.4, -0.2) is 4.98 Å². The number of nitrogen functional groups attached to an aromatic ring is 1. The molecule has 0 aliphatic heterocycles. The molecule has 0 spiro atoms. The number of hydrogen-bond donors (Lipinski definition) is 1. The van der Waals surface area contributed by atoms with Crippen LogP contribution in [0.3, 0.4) is 0 Å². The Labute approximate surface area is 91.6 Å². The van der Waals surface area contributed by atoms with Crippen molar-refractivity contribution in [1.29, 1.82) is 0 Å². The number of halogens is 1. The van der Waals surface area contributed by atoms with E-state index >= 15 is 0 Å². The maximum atomic E-state index is 13.5. The van der Waals surface area contributed by atoms with E-state index in [0.29, 0.717) is 11.6 Å². The summed E-state index contributed by atoms with van der Waals surface area (Å²) in [6, 6.07) is 5.17. The van der Waals surface area contributed by atoms with Gasteiger partial charge in [-0.2, -0.15) is 0 Å². The van der Waals surface area contributed by atoms with E-state index in [9.17, 15) is 4.39 Å². The fourth-order valence-corrected chi connectivity index (χ4v) is 1.99. The number of anilines is 1. The average molecular weight is 222 g/mol. The fourth-order valence-electron chi connectivity index (χ4n) is 1.41. The van der Waals surface area contributed by atoms with Crippen LogP contribution in [0.5, 0.6) is 0 Å². The summed E-state index contributed by atoms with van der Waals surface area (Å²) in [5.41, 5.74) is 7.76. The van der Waals surface area contributed by atoms with E-state index in [-0.39, 0.29) is 5.82 Å². The first-order valence-corrected chi connectivity index (χ1v) is 5.58. The number of aromatic nitrogens is 1. The fraction of sp³-hybridized carbons (Fsp3) is 0.182. The second kappa shape index (κ2) is 3.98. The van der Waals surface area contributed by atoms with Crippen molar-refractivity contribution in [2.45, 2.75) is 13.3 Å². The predicted molar refractivity (Wildman–Crippen MR) is 61.3 cm³/mol. The summed E-state index contributed by atoms with van der Waals surface area (Å²) < 4.78 is 13.5. The molecule has 15 heavy (non-hydrogen) atoms. The van der Waals surface area contributed by atoms with Crippen molar-refractivity contribution in [3.05, 3.63) is 35.0 Å². The Kier molecular flexibility index (Phi) is 2.68. The highest BCUT2D eigenvalue weighted by Crippen LogP contribution is 2.24. The quantitative estimate of drug-likeness (QED) is 0.848. The van der Waals surface area contributed by atoms with Gasteiger partial charge in [0.2, 0.25) is 0 Å². The Morgan fingerprint density at radius 2 is 2.27 bits per heavy atom. The summed E-state index contributed by atoms with van der Waals surface area (Å²) in [5, 5.41) is 2.33. The van der Waals surface area contributed by atoms with Crippen molar-refractivity contribution in [1.82, 2.24) is 4.98 Å². The van der Waals surface area contributed by atoms with Crippen molar-refractivity contribution in [3.8, 4) is 11.3 Å². The third-order valence-corrected chi connectivity index (χ3v) is 2.93. The SMILES string of the molecule is CCc1ccc(-c2csc(N)n2)cc1F. The van der Waals surface area contributed by atoms with Gasteiger partial charge in [-0.25, -0.2) is 9.37 Å². The molecule has 0 radical (unpaired) electrons. The van der Waals surface area contributed by atoms with Crippen LogP contribution in [0.25, 0.3) is 11.3 Å². The minimum absolute atomic E-state index is 0.179. The Balaban J connectivity index is 2.42. The lowest BCUT2D eigenvalue weighted by atomic mass is 10.1. The maximum Gasteiger partial charge on any atom is 0.180 e. The summed E-state index contributed by atoms with van der Waals surface area (Å²) in [7, 11) is 0. The van der Waals surface area contributed by atoms with Gasteiger partial charge in [-0.05, 0) is 18.1 Å². The van der Waals surface area contributed by atoms with Crippen molar-refractivity contribution in [2.24, 2.45) is 0 Å². The summed E-state index contributed by atoms with van der Waals surface area (Å²) in [6.07, 6.45) is 0.700. The van der Waals surface area contributed by atoms with Gasteiger partial charge in [0.15, 0.2) is 5.13 Å². The number of nitrogens with two attached hydrogens (primary N) is 1. The maximum absolute atomic E-state index is 13.5. The third kappa shape index (κ3) is 1.99. The molecule has 2 rings (SSSR count). The molecular weight excluding hydrogens is 211 g/mol. The lowest BCUT2D eigenvalue weighted by molar-refractivity contribution is 0.612. The van der Waals surface area contributed by atoms with Crippen LogP contribution in [0.1, 0.15) is 12.5 Å². The molecule has 1 aromatic carbocycles. The van der Waals surface area contributed by atoms with E-state index < -0.39 is 0 Å². The van der Waals surface area contributed by atoms with Gasteiger partial charge in [-0.3, -0.25) is 0 Å². The zero-order valence-corrected chi connectivity index (χ0v) is 9.14. The lowest BCUT2D eigenvalue weighted by Gasteiger charge is -2.01. The van der Waals surface area contributed by atoms with Gasteiger partial charge >= 0.3 is 0 Å². The summed E-state index contributed by atoms with van der Waals surface area (Å²) in [5.74, 6) is -0.179. The highest BCUT2D eigenvalue weighted by Gasteiger charge is 2.06. The second-order valence-electron chi connectivity index (χ2n) is 3.23. The Hall–Kier alpha value is -1.42. The number of thiazole rings is 1. The molecule has 0 aliphatic carbocycles. The van der Waals surface area contributed by atoms with Gasteiger partial charge in [-0.1, -0.05) is 19.1 Å². The molecule has 2 nitrogen and oxygen atoms in total.